The minimum atomic E-state index is 0.300. The molecule has 0 saturated heterocycles. The van der Waals surface area contributed by atoms with Gasteiger partial charge >= 0.3 is 0 Å². The average molecular weight is 215 g/mol. The van der Waals surface area contributed by atoms with Gasteiger partial charge < -0.3 is 9.72 Å². The van der Waals surface area contributed by atoms with Gasteiger partial charge in [-0.25, -0.2) is 0 Å². The molecule has 2 heterocycles. The van der Waals surface area contributed by atoms with Gasteiger partial charge in [0.05, 0.1) is 5.52 Å². The van der Waals surface area contributed by atoms with Gasteiger partial charge in [0, 0.05) is 11.6 Å². The predicted molar refractivity (Wildman–Crippen MR) is 56.8 cm³/mol. The number of aromatic amines is 2. The van der Waals surface area contributed by atoms with E-state index in [2.05, 4.69) is 25.6 Å². The number of H-pyrrole nitrogens is 2. The molecule has 0 aliphatic heterocycles. The summed E-state index contributed by atoms with van der Waals surface area (Å²) < 4.78 is 5.61. The minimum Gasteiger partial charge on any atom is -0.483 e. The highest BCUT2D eigenvalue weighted by atomic mass is 16.5. The van der Waals surface area contributed by atoms with Crippen molar-refractivity contribution in [3.63, 3.8) is 0 Å². The van der Waals surface area contributed by atoms with E-state index < -0.39 is 0 Å². The molecule has 6 nitrogen and oxygen atoms in total. The third-order valence-electron chi connectivity index (χ3n) is 2.30. The monoisotopic (exact) mass is 215 g/mol. The van der Waals surface area contributed by atoms with Crippen LogP contribution in [0.3, 0.4) is 0 Å². The molecule has 3 aromatic rings. The number of hydrogen-bond acceptors (Lipinski definition) is 4. The fraction of sp³-hybridized carbons (Fsp3) is 0.100. The van der Waals surface area contributed by atoms with E-state index in [9.17, 15) is 0 Å². The average Bonchev–Trinajstić information content (AvgIpc) is 2.97. The van der Waals surface area contributed by atoms with Crippen LogP contribution in [0.1, 0.15) is 5.82 Å². The Bertz CT molecular complexity index is 586. The van der Waals surface area contributed by atoms with Crippen molar-refractivity contribution in [2.24, 2.45) is 0 Å². The van der Waals surface area contributed by atoms with Crippen molar-refractivity contribution in [2.45, 2.75) is 6.61 Å². The van der Waals surface area contributed by atoms with Gasteiger partial charge in [-0.05, 0) is 12.1 Å². The molecule has 0 amide bonds. The molecule has 0 aliphatic carbocycles. The standard InChI is InChI=1S/C10H9N5O/c1-2-7-4-5-11-10(7)8(3-1)16-6-9-12-14-15-13-9/h1-5,11H,6H2,(H,12,13,14,15). The van der Waals surface area contributed by atoms with Crippen molar-refractivity contribution >= 4 is 10.9 Å². The summed E-state index contributed by atoms with van der Waals surface area (Å²) in [7, 11) is 0. The van der Waals surface area contributed by atoms with Crippen LogP contribution in [-0.4, -0.2) is 25.6 Å². The summed E-state index contributed by atoms with van der Waals surface area (Å²) in [6.45, 7) is 0.300. The Hall–Kier alpha value is -2.37. The van der Waals surface area contributed by atoms with Crippen molar-refractivity contribution in [1.29, 1.82) is 0 Å². The van der Waals surface area contributed by atoms with Crippen LogP contribution in [0.15, 0.2) is 30.5 Å². The minimum absolute atomic E-state index is 0.300. The third kappa shape index (κ3) is 1.50. The lowest BCUT2D eigenvalue weighted by Crippen LogP contribution is -1.98. The van der Waals surface area contributed by atoms with Crippen LogP contribution in [-0.2, 0) is 6.61 Å². The number of para-hydroxylation sites is 1. The zero-order valence-corrected chi connectivity index (χ0v) is 8.34. The fourth-order valence-corrected chi connectivity index (χ4v) is 1.56. The second-order valence-electron chi connectivity index (χ2n) is 3.31. The number of ether oxygens (including phenoxy) is 1. The summed E-state index contributed by atoms with van der Waals surface area (Å²) in [5.74, 6) is 1.32. The van der Waals surface area contributed by atoms with Crippen LogP contribution in [0.5, 0.6) is 5.75 Å². The maximum Gasteiger partial charge on any atom is 0.211 e. The van der Waals surface area contributed by atoms with Gasteiger partial charge in [-0.3, -0.25) is 0 Å². The summed E-state index contributed by atoms with van der Waals surface area (Å²) in [5, 5.41) is 14.6. The molecule has 1 aromatic carbocycles. The molecular formula is C10H9N5O. The van der Waals surface area contributed by atoms with E-state index >= 15 is 0 Å². The van der Waals surface area contributed by atoms with E-state index in [0.29, 0.717) is 12.4 Å². The Morgan fingerprint density at radius 2 is 2.25 bits per heavy atom. The van der Waals surface area contributed by atoms with Gasteiger partial charge in [0.2, 0.25) is 5.82 Å². The lowest BCUT2D eigenvalue weighted by molar-refractivity contribution is 0.299. The quantitative estimate of drug-likeness (QED) is 0.689. The summed E-state index contributed by atoms with van der Waals surface area (Å²) in [4.78, 5) is 3.13. The van der Waals surface area contributed by atoms with Gasteiger partial charge in [0.1, 0.15) is 5.75 Å². The Morgan fingerprint density at radius 1 is 1.25 bits per heavy atom. The third-order valence-corrected chi connectivity index (χ3v) is 2.30. The molecule has 0 unspecified atom stereocenters. The molecule has 0 radical (unpaired) electrons. The second kappa shape index (κ2) is 3.65. The molecule has 0 saturated carbocycles. The smallest absolute Gasteiger partial charge is 0.211 e. The lowest BCUT2D eigenvalue weighted by Gasteiger charge is -2.04. The van der Waals surface area contributed by atoms with E-state index in [1.807, 2.05) is 30.5 Å². The first-order chi connectivity index (χ1) is 7.93. The summed E-state index contributed by atoms with van der Waals surface area (Å²) in [6.07, 6.45) is 1.88. The molecule has 0 atom stereocenters. The van der Waals surface area contributed by atoms with Crippen molar-refractivity contribution < 1.29 is 4.74 Å². The largest absolute Gasteiger partial charge is 0.483 e. The molecule has 6 heteroatoms. The molecule has 0 bridgehead atoms. The summed E-state index contributed by atoms with van der Waals surface area (Å²) in [5.41, 5.74) is 0.978. The molecule has 0 aliphatic rings. The second-order valence-corrected chi connectivity index (χ2v) is 3.31. The highest BCUT2D eigenvalue weighted by molar-refractivity contribution is 5.85. The Balaban J connectivity index is 1.86. The highest BCUT2D eigenvalue weighted by Gasteiger charge is 2.04. The molecule has 2 aromatic heterocycles. The molecule has 80 valence electrons. The van der Waals surface area contributed by atoms with Crippen LogP contribution >= 0.6 is 0 Å². The van der Waals surface area contributed by atoms with Gasteiger partial charge in [0.25, 0.3) is 0 Å². The Kier molecular flexibility index (Phi) is 2.03. The maximum absolute atomic E-state index is 5.61. The fourth-order valence-electron chi connectivity index (χ4n) is 1.56. The number of nitrogens with zero attached hydrogens (tertiary/aromatic N) is 3. The van der Waals surface area contributed by atoms with E-state index in [1.165, 1.54) is 0 Å². The first-order valence-electron chi connectivity index (χ1n) is 4.85. The highest BCUT2D eigenvalue weighted by Crippen LogP contribution is 2.24. The Labute approximate surface area is 90.6 Å². The van der Waals surface area contributed by atoms with E-state index in [-0.39, 0.29) is 0 Å². The van der Waals surface area contributed by atoms with Gasteiger partial charge in [-0.2, -0.15) is 5.21 Å². The lowest BCUT2D eigenvalue weighted by atomic mass is 10.2. The zero-order chi connectivity index (χ0) is 10.8. The molecule has 3 rings (SSSR count). The topological polar surface area (TPSA) is 79.5 Å². The van der Waals surface area contributed by atoms with Crippen LogP contribution in [0.25, 0.3) is 10.9 Å². The van der Waals surface area contributed by atoms with Crippen molar-refractivity contribution in [1.82, 2.24) is 25.6 Å². The van der Waals surface area contributed by atoms with E-state index in [1.54, 1.807) is 0 Å². The number of benzene rings is 1. The zero-order valence-electron chi connectivity index (χ0n) is 8.34. The maximum atomic E-state index is 5.61. The number of tetrazole rings is 1. The van der Waals surface area contributed by atoms with Crippen molar-refractivity contribution in [2.75, 3.05) is 0 Å². The van der Waals surface area contributed by atoms with E-state index in [0.717, 1.165) is 16.7 Å². The van der Waals surface area contributed by atoms with Gasteiger partial charge in [0.15, 0.2) is 6.61 Å². The van der Waals surface area contributed by atoms with Crippen LogP contribution < -0.4 is 4.74 Å². The number of hydrogen-bond donors (Lipinski definition) is 2. The number of nitrogens with one attached hydrogen (secondary N) is 2. The van der Waals surface area contributed by atoms with Crippen molar-refractivity contribution in [3.8, 4) is 5.75 Å². The predicted octanol–water partition coefficient (Wildman–Crippen LogP) is 1.26. The first kappa shape index (κ1) is 8.90. The van der Waals surface area contributed by atoms with Gasteiger partial charge in [-0.15, -0.1) is 10.2 Å². The molecule has 16 heavy (non-hydrogen) atoms. The Morgan fingerprint density at radius 3 is 3.12 bits per heavy atom. The van der Waals surface area contributed by atoms with Crippen LogP contribution in [0.2, 0.25) is 0 Å². The number of aromatic nitrogens is 5. The molecule has 0 spiro atoms. The number of rotatable bonds is 3. The summed E-state index contributed by atoms with van der Waals surface area (Å²) >= 11 is 0. The van der Waals surface area contributed by atoms with Gasteiger partial charge in [-0.1, -0.05) is 17.3 Å². The van der Waals surface area contributed by atoms with Crippen LogP contribution in [0.4, 0.5) is 0 Å². The number of fused-ring (bicyclic) bond motifs is 1. The van der Waals surface area contributed by atoms with Crippen molar-refractivity contribution in [3.05, 3.63) is 36.3 Å². The van der Waals surface area contributed by atoms with E-state index in [4.69, 9.17) is 4.74 Å². The molecular weight excluding hydrogens is 206 g/mol. The molecule has 2 N–H and O–H groups in total. The summed E-state index contributed by atoms with van der Waals surface area (Å²) in [6, 6.07) is 7.87. The normalized spacial score (nSPS) is 10.8. The first-order valence-corrected chi connectivity index (χ1v) is 4.85. The SMILES string of the molecule is c1cc(OCc2nn[nH]n2)c2[nH]ccc2c1. The molecule has 0 fully saturated rings. The van der Waals surface area contributed by atoms with Crippen LogP contribution in [0, 0.1) is 0 Å².